The van der Waals surface area contributed by atoms with Crippen molar-refractivity contribution >= 4 is 27.5 Å². The van der Waals surface area contributed by atoms with Crippen LogP contribution in [-0.4, -0.2) is 20.6 Å². The summed E-state index contributed by atoms with van der Waals surface area (Å²) < 4.78 is 1.96. The fourth-order valence-electron chi connectivity index (χ4n) is 1.28. The first-order chi connectivity index (χ1) is 7.68. The van der Waals surface area contributed by atoms with E-state index < -0.39 is 5.97 Å². The number of hydrogen-bond acceptors (Lipinski definition) is 4. The molecule has 0 aliphatic rings. The van der Waals surface area contributed by atoms with Crippen LogP contribution in [0.5, 0.6) is 0 Å². The van der Waals surface area contributed by atoms with Crippen LogP contribution < -0.4 is 5.56 Å². The molecule has 0 amide bonds. The van der Waals surface area contributed by atoms with E-state index in [0.29, 0.717) is 10.2 Å². The minimum absolute atomic E-state index is 0.143. The normalized spacial score (nSPS) is 11.2. The fourth-order valence-corrected chi connectivity index (χ4v) is 2.07. The van der Waals surface area contributed by atoms with Gasteiger partial charge >= 0.3 is 5.97 Å². The third-order valence-electron chi connectivity index (χ3n) is 2.00. The molecule has 0 aromatic carbocycles. The molecule has 82 valence electrons. The van der Waals surface area contributed by atoms with Gasteiger partial charge in [-0.1, -0.05) is 6.08 Å². The van der Waals surface area contributed by atoms with Crippen molar-refractivity contribution in [3.8, 4) is 0 Å². The number of aliphatic carboxylic acids is 1. The summed E-state index contributed by atoms with van der Waals surface area (Å²) in [5, 5.41) is 10.2. The van der Waals surface area contributed by atoms with E-state index in [2.05, 4.69) is 4.98 Å². The third-order valence-corrected chi connectivity index (χ3v) is 2.89. The first-order valence-corrected chi connectivity index (χ1v) is 5.38. The molecule has 0 spiro atoms. The van der Waals surface area contributed by atoms with E-state index in [-0.39, 0.29) is 12.1 Å². The number of thiophene rings is 1. The maximum Gasteiger partial charge on any atom is 0.328 e. The molecule has 2 rings (SSSR count). The van der Waals surface area contributed by atoms with Crippen LogP contribution in [-0.2, 0) is 11.3 Å². The Morgan fingerprint density at radius 2 is 2.44 bits per heavy atom. The summed E-state index contributed by atoms with van der Waals surface area (Å²) in [5.74, 6) is -1.03. The zero-order valence-corrected chi connectivity index (χ0v) is 8.98. The number of allylic oxidation sites excluding steroid dienone is 1. The zero-order chi connectivity index (χ0) is 11.5. The van der Waals surface area contributed by atoms with Crippen LogP contribution in [0.4, 0.5) is 0 Å². The van der Waals surface area contributed by atoms with E-state index in [0.717, 1.165) is 6.08 Å². The Morgan fingerprint density at radius 3 is 3.19 bits per heavy atom. The van der Waals surface area contributed by atoms with Crippen molar-refractivity contribution in [3.63, 3.8) is 0 Å². The van der Waals surface area contributed by atoms with Gasteiger partial charge in [-0.2, -0.15) is 0 Å². The molecular weight excluding hydrogens is 228 g/mol. The average molecular weight is 236 g/mol. The quantitative estimate of drug-likeness (QED) is 0.810. The largest absolute Gasteiger partial charge is 0.478 e. The summed E-state index contributed by atoms with van der Waals surface area (Å²) in [6.07, 6.45) is 3.83. The minimum atomic E-state index is -1.03. The standard InChI is InChI=1S/C10H8N2O3S/c13-8(14)2-1-4-12-6-11-7-3-5-16-9(7)10(12)15/h1-3,5-6H,4H2,(H,13,14). The van der Waals surface area contributed by atoms with Crippen LogP contribution in [0.3, 0.4) is 0 Å². The van der Waals surface area contributed by atoms with Gasteiger partial charge in [0.25, 0.3) is 5.56 Å². The number of fused-ring (bicyclic) bond motifs is 1. The fraction of sp³-hybridized carbons (Fsp3) is 0.100. The molecule has 2 aromatic heterocycles. The van der Waals surface area contributed by atoms with Crippen molar-refractivity contribution in [1.29, 1.82) is 0 Å². The van der Waals surface area contributed by atoms with E-state index in [4.69, 9.17) is 5.11 Å². The summed E-state index contributed by atoms with van der Waals surface area (Å²) in [5.41, 5.74) is 0.531. The number of carbonyl (C=O) groups is 1. The number of hydrogen-bond donors (Lipinski definition) is 1. The highest BCUT2D eigenvalue weighted by atomic mass is 32.1. The molecule has 1 N–H and O–H groups in total. The van der Waals surface area contributed by atoms with Gasteiger partial charge in [0.05, 0.1) is 11.8 Å². The molecule has 16 heavy (non-hydrogen) atoms. The molecule has 0 fully saturated rings. The van der Waals surface area contributed by atoms with Gasteiger partial charge in [-0.15, -0.1) is 11.3 Å². The van der Waals surface area contributed by atoms with Gasteiger partial charge in [0, 0.05) is 12.6 Å². The van der Waals surface area contributed by atoms with Gasteiger partial charge in [0.15, 0.2) is 0 Å². The lowest BCUT2D eigenvalue weighted by atomic mass is 10.4. The maximum absolute atomic E-state index is 11.8. The number of rotatable bonds is 3. The van der Waals surface area contributed by atoms with Gasteiger partial charge < -0.3 is 5.11 Å². The first-order valence-electron chi connectivity index (χ1n) is 4.50. The first kappa shape index (κ1) is 10.6. The Kier molecular flexibility index (Phi) is 2.82. The molecular formula is C10H8N2O3S. The topological polar surface area (TPSA) is 72.2 Å². The summed E-state index contributed by atoms with van der Waals surface area (Å²) in [6, 6.07) is 1.78. The second-order valence-electron chi connectivity index (χ2n) is 3.08. The SMILES string of the molecule is O=C(O)C=CCn1cnc2ccsc2c1=O. The van der Waals surface area contributed by atoms with E-state index in [1.807, 2.05) is 0 Å². The number of carboxylic acid groups (broad SMARTS) is 1. The number of carboxylic acids is 1. The zero-order valence-electron chi connectivity index (χ0n) is 8.16. The van der Waals surface area contributed by atoms with Crippen molar-refractivity contribution in [3.05, 3.63) is 40.3 Å². The predicted molar refractivity (Wildman–Crippen MR) is 60.7 cm³/mol. The lowest BCUT2D eigenvalue weighted by Crippen LogP contribution is -2.18. The molecule has 0 saturated carbocycles. The van der Waals surface area contributed by atoms with Crippen LogP contribution in [0.2, 0.25) is 0 Å². The van der Waals surface area contributed by atoms with Crippen molar-refractivity contribution < 1.29 is 9.90 Å². The highest BCUT2D eigenvalue weighted by molar-refractivity contribution is 7.17. The Labute approximate surface area is 94.3 Å². The van der Waals surface area contributed by atoms with Crippen molar-refractivity contribution in [2.24, 2.45) is 0 Å². The van der Waals surface area contributed by atoms with E-state index in [1.54, 1.807) is 11.4 Å². The minimum Gasteiger partial charge on any atom is -0.478 e. The van der Waals surface area contributed by atoms with Gasteiger partial charge in [-0.3, -0.25) is 9.36 Å². The Bertz CT molecular complexity index is 612. The second-order valence-corrected chi connectivity index (χ2v) is 3.99. The van der Waals surface area contributed by atoms with Crippen molar-refractivity contribution in [1.82, 2.24) is 9.55 Å². The van der Waals surface area contributed by atoms with Crippen molar-refractivity contribution in [2.45, 2.75) is 6.54 Å². The lowest BCUT2D eigenvalue weighted by molar-refractivity contribution is -0.131. The van der Waals surface area contributed by atoms with Crippen LogP contribution in [0.1, 0.15) is 0 Å². The molecule has 2 heterocycles. The summed E-state index contributed by atoms with van der Waals surface area (Å²) in [7, 11) is 0. The van der Waals surface area contributed by atoms with Crippen LogP contribution >= 0.6 is 11.3 Å². The maximum atomic E-state index is 11.8. The van der Waals surface area contributed by atoms with E-state index in [9.17, 15) is 9.59 Å². The average Bonchev–Trinajstić information content (AvgIpc) is 2.69. The Balaban J connectivity index is 2.35. The lowest BCUT2D eigenvalue weighted by Gasteiger charge is -1.99. The third kappa shape index (κ3) is 2.01. The molecule has 0 radical (unpaired) electrons. The number of aromatic nitrogens is 2. The molecule has 0 bridgehead atoms. The molecule has 2 aromatic rings. The van der Waals surface area contributed by atoms with Gasteiger partial charge in [0.1, 0.15) is 4.70 Å². The molecule has 6 heteroatoms. The van der Waals surface area contributed by atoms with Gasteiger partial charge in [0.2, 0.25) is 0 Å². The molecule has 0 aliphatic carbocycles. The summed E-state index contributed by atoms with van der Waals surface area (Å²) in [6.45, 7) is 0.214. The monoisotopic (exact) mass is 236 g/mol. The van der Waals surface area contributed by atoms with E-state index >= 15 is 0 Å². The van der Waals surface area contributed by atoms with Crippen molar-refractivity contribution in [2.75, 3.05) is 0 Å². The molecule has 0 aliphatic heterocycles. The molecule has 5 nitrogen and oxygen atoms in total. The van der Waals surface area contributed by atoms with Gasteiger partial charge in [-0.05, 0) is 11.4 Å². The Morgan fingerprint density at radius 1 is 1.62 bits per heavy atom. The van der Waals surface area contributed by atoms with E-state index in [1.165, 1.54) is 28.3 Å². The highest BCUT2D eigenvalue weighted by Crippen LogP contribution is 2.12. The summed E-state index contributed by atoms with van der Waals surface area (Å²) >= 11 is 1.33. The summed E-state index contributed by atoms with van der Waals surface area (Å²) in [4.78, 5) is 26.2. The smallest absolute Gasteiger partial charge is 0.328 e. The highest BCUT2D eigenvalue weighted by Gasteiger charge is 2.03. The van der Waals surface area contributed by atoms with Gasteiger partial charge in [-0.25, -0.2) is 9.78 Å². The van der Waals surface area contributed by atoms with Crippen LogP contribution in [0.25, 0.3) is 10.2 Å². The number of nitrogens with zero attached hydrogens (tertiary/aromatic N) is 2. The predicted octanol–water partition coefficient (Wildman–Crippen LogP) is 1.10. The van der Waals surface area contributed by atoms with Crippen LogP contribution in [0.15, 0.2) is 34.7 Å². The van der Waals surface area contributed by atoms with Crippen LogP contribution in [0, 0.1) is 0 Å². The molecule has 0 unspecified atom stereocenters. The molecule has 0 atom stereocenters. The second kappa shape index (κ2) is 4.28. The molecule has 0 saturated heterocycles. The Hall–Kier alpha value is -1.95.